The average molecular weight is 364 g/mol. The van der Waals surface area contributed by atoms with Gasteiger partial charge in [-0.05, 0) is 28.5 Å². The number of likely N-dealkylation sites (N-methyl/N-ethyl adjacent to an activating group) is 1. The van der Waals surface area contributed by atoms with Gasteiger partial charge in [0.1, 0.15) is 11.3 Å². The SMILES string of the molecule is COc1ccc([N+](=O)[O-])cc1C(=O)OCC(=O)N(C)Cc1ccsc1. The first-order chi connectivity index (χ1) is 11.9. The highest BCUT2D eigenvalue weighted by molar-refractivity contribution is 7.07. The number of esters is 1. The molecule has 0 atom stereocenters. The molecule has 132 valence electrons. The van der Waals surface area contributed by atoms with Gasteiger partial charge in [0.05, 0.1) is 12.0 Å². The fourth-order valence-corrected chi connectivity index (χ4v) is 2.69. The van der Waals surface area contributed by atoms with Gasteiger partial charge in [0, 0.05) is 25.7 Å². The molecule has 2 aromatic rings. The van der Waals surface area contributed by atoms with Crippen LogP contribution in [0.3, 0.4) is 0 Å². The number of rotatable bonds is 7. The van der Waals surface area contributed by atoms with Crippen LogP contribution in [0.15, 0.2) is 35.0 Å². The summed E-state index contributed by atoms with van der Waals surface area (Å²) in [6.45, 7) is -0.0642. The number of hydrogen-bond donors (Lipinski definition) is 0. The maximum Gasteiger partial charge on any atom is 0.342 e. The Morgan fingerprint density at radius 3 is 2.68 bits per heavy atom. The zero-order chi connectivity index (χ0) is 18.4. The van der Waals surface area contributed by atoms with E-state index in [0.29, 0.717) is 6.54 Å². The second-order valence-corrected chi connectivity index (χ2v) is 5.88. The highest BCUT2D eigenvalue weighted by Crippen LogP contribution is 2.24. The third kappa shape index (κ3) is 4.77. The molecule has 1 aromatic carbocycles. The van der Waals surface area contributed by atoms with Crippen molar-refractivity contribution in [2.75, 3.05) is 20.8 Å². The van der Waals surface area contributed by atoms with Gasteiger partial charge in [0.25, 0.3) is 11.6 Å². The molecule has 8 nitrogen and oxygen atoms in total. The molecule has 0 unspecified atom stereocenters. The summed E-state index contributed by atoms with van der Waals surface area (Å²) in [5, 5.41) is 14.7. The maximum absolute atomic E-state index is 12.1. The Morgan fingerprint density at radius 1 is 1.32 bits per heavy atom. The molecule has 0 spiro atoms. The fourth-order valence-electron chi connectivity index (χ4n) is 2.03. The molecule has 0 N–H and O–H groups in total. The quantitative estimate of drug-likeness (QED) is 0.425. The van der Waals surface area contributed by atoms with Crippen molar-refractivity contribution in [2.45, 2.75) is 6.54 Å². The van der Waals surface area contributed by atoms with E-state index >= 15 is 0 Å². The Morgan fingerprint density at radius 2 is 2.08 bits per heavy atom. The van der Waals surface area contributed by atoms with Crippen LogP contribution in [0.4, 0.5) is 5.69 Å². The summed E-state index contributed by atoms with van der Waals surface area (Å²) >= 11 is 1.52. The molecule has 1 heterocycles. The molecule has 0 aliphatic carbocycles. The first-order valence-electron chi connectivity index (χ1n) is 7.17. The lowest BCUT2D eigenvalue weighted by Gasteiger charge is -2.16. The van der Waals surface area contributed by atoms with Gasteiger partial charge in [-0.2, -0.15) is 11.3 Å². The topological polar surface area (TPSA) is 99.0 Å². The number of non-ortho nitro benzene ring substituents is 1. The van der Waals surface area contributed by atoms with E-state index in [0.717, 1.165) is 11.6 Å². The van der Waals surface area contributed by atoms with Crippen LogP contribution in [0.25, 0.3) is 0 Å². The summed E-state index contributed by atoms with van der Waals surface area (Å²) in [6, 6.07) is 5.48. The van der Waals surface area contributed by atoms with Crippen LogP contribution < -0.4 is 4.74 Å². The van der Waals surface area contributed by atoms with E-state index in [4.69, 9.17) is 9.47 Å². The third-order valence-corrected chi connectivity index (χ3v) is 4.10. The Bertz CT molecular complexity index is 775. The third-order valence-electron chi connectivity index (χ3n) is 3.37. The van der Waals surface area contributed by atoms with Crippen molar-refractivity contribution in [3.05, 3.63) is 56.3 Å². The molecule has 1 aromatic heterocycles. The highest BCUT2D eigenvalue weighted by Gasteiger charge is 2.20. The summed E-state index contributed by atoms with van der Waals surface area (Å²) in [7, 11) is 2.93. The molecule has 2 rings (SSSR count). The van der Waals surface area contributed by atoms with Crippen LogP contribution >= 0.6 is 11.3 Å². The Kier molecular flexibility index (Phi) is 6.07. The van der Waals surface area contributed by atoms with Crippen LogP contribution in [-0.4, -0.2) is 42.5 Å². The lowest BCUT2D eigenvalue weighted by Crippen LogP contribution is -2.30. The number of carbonyl (C=O) groups excluding carboxylic acids is 2. The minimum atomic E-state index is -0.863. The van der Waals surface area contributed by atoms with E-state index in [2.05, 4.69) is 0 Å². The number of nitro groups is 1. The van der Waals surface area contributed by atoms with Gasteiger partial charge in [0.15, 0.2) is 6.61 Å². The van der Waals surface area contributed by atoms with Crippen molar-refractivity contribution < 1.29 is 24.0 Å². The predicted octanol–water partition coefficient (Wildman–Crippen LogP) is 2.48. The number of nitro benzene ring substituents is 1. The number of nitrogens with zero attached hydrogens (tertiary/aromatic N) is 2. The van der Waals surface area contributed by atoms with Crippen LogP contribution in [0.5, 0.6) is 5.75 Å². The Hall–Kier alpha value is -2.94. The number of benzene rings is 1. The summed E-state index contributed by atoms with van der Waals surface area (Å²) in [5.74, 6) is -1.11. The number of amides is 1. The molecule has 0 aliphatic rings. The van der Waals surface area contributed by atoms with E-state index in [-0.39, 0.29) is 22.9 Å². The predicted molar refractivity (Wildman–Crippen MR) is 90.7 cm³/mol. The molecule has 0 fully saturated rings. The van der Waals surface area contributed by atoms with E-state index in [9.17, 15) is 19.7 Å². The lowest BCUT2D eigenvalue weighted by molar-refractivity contribution is -0.384. The van der Waals surface area contributed by atoms with Crippen molar-refractivity contribution >= 4 is 28.9 Å². The van der Waals surface area contributed by atoms with E-state index < -0.39 is 17.5 Å². The Labute approximate surface area is 147 Å². The number of ether oxygens (including phenoxy) is 2. The van der Waals surface area contributed by atoms with E-state index in [1.54, 1.807) is 7.05 Å². The first kappa shape index (κ1) is 18.4. The Balaban J connectivity index is 2.00. The second kappa shape index (κ2) is 8.25. The number of carbonyl (C=O) groups is 2. The molecule has 9 heteroatoms. The standard InChI is InChI=1S/C16H16N2O6S/c1-17(8-11-5-6-25-10-11)15(19)9-24-16(20)13-7-12(18(21)22)3-4-14(13)23-2/h3-7,10H,8-9H2,1-2H3. The molecular weight excluding hydrogens is 348 g/mol. The molecule has 0 bridgehead atoms. The summed E-state index contributed by atoms with van der Waals surface area (Å²) in [5.41, 5.74) is 0.603. The molecule has 0 radical (unpaired) electrons. The molecule has 0 saturated heterocycles. The second-order valence-electron chi connectivity index (χ2n) is 5.10. The van der Waals surface area contributed by atoms with Crippen LogP contribution in [0, 0.1) is 10.1 Å². The van der Waals surface area contributed by atoms with Gasteiger partial charge in [-0.3, -0.25) is 14.9 Å². The number of hydrogen-bond acceptors (Lipinski definition) is 7. The van der Waals surface area contributed by atoms with Crippen molar-refractivity contribution in [1.29, 1.82) is 0 Å². The van der Waals surface area contributed by atoms with Gasteiger partial charge in [0.2, 0.25) is 0 Å². The average Bonchev–Trinajstić information content (AvgIpc) is 3.11. The smallest absolute Gasteiger partial charge is 0.342 e. The minimum Gasteiger partial charge on any atom is -0.496 e. The molecule has 0 aliphatic heterocycles. The van der Waals surface area contributed by atoms with Gasteiger partial charge in [-0.1, -0.05) is 0 Å². The summed E-state index contributed by atoms with van der Waals surface area (Å²) in [6.07, 6.45) is 0. The van der Waals surface area contributed by atoms with Crippen molar-refractivity contribution in [3.8, 4) is 5.75 Å². The van der Waals surface area contributed by atoms with Gasteiger partial charge >= 0.3 is 5.97 Å². The first-order valence-corrected chi connectivity index (χ1v) is 8.11. The summed E-state index contributed by atoms with van der Waals surface area (Å²) < 4.78 is 9.99. The van der Waals surface area contributed by atoms with Crippen LogP contribution in [0.1, 0.15) is 15.9 Å². The number of thiophene rings is 1. The maximum atomic E-state index is 12.1. The molecular formula is C16H16N2O6S. The van der Waals surface area contributed by atoms with Crippen molar-refractivity contribution in [2.24, 2.45) is 0 Å². The minimum absolute atomic E-state index is 0.106. The van der Waals surface area contributed by atoms with Crippen LogP contribution in [-0.2, 0) is 16.1 Å². The number of methoxy groups -OCH3 is 1. The van der Waals surface area contributed by atoms with Gasteiger partial charge in [-0.15, -0.1) is 0 Å². The van der Waals surface area contributed by atoms with Gasteiger partial charge < -0.3 is 14.4 Å². The zero-order valence-corrected chi connectivity index (χ0v) is 14.4. The lowest BCUT2D eigenvalue weighted by atomic mass is 10.2. The van der Waals surface area contributed by atoms with Crippen molar-refractivity contribution in [1.82, 2.24) is 4.90 Å². The molecule has 25 heavy (non-hydrogen) atoms. The summed E-state index contributed by atoms with van der Waals surface area (Å²) in [4.78, 5) is 35.8. The monoisotopic (exact) mass is 364 g/mol. The van der Waals surface area contributed by atoms with E-state index in [1.807, 2.05) is 16.8 Å². The molecule has 1 amide bonds. The van der Waals surface area contributed by atoms with Crippen molar-refractivity contribution in [3.63, 3.8) is 0 Å². The van der Waals surface area contributed by atoms with Crippen LogP contribution in [0.2, 0.25) is 0 Å². The highest BCUT2D eigenvalue weighted by atomic mass is 32.1. The van der Waals surface area contributed by atoms with E-state index in [1.165, 1.54) is 35.5 Å². The normalized spacial score (nSPS) is 10.2. The fraction of sp³-hybridized carbons (Fsp3) is 0.250. The largest absolute Gasteiger partial charge is 0.496 e. The zero-order valence-electron chi connectivity index (χ0n) is 13.6. The molecule has 0 saturated carbocycles. The van der Waals surface area contributed by atoms with Gasteiger partial charge in [-0.25, -0.2) is 4.79 Å².